The molecular formula is C15H27NO2. The lowest BCUT2D eigenvalue weighted by atomic mass is 9.98. The summed E-state index contributed by atoms with van der Waals surface area (Å²) in [6, 6.07) is 0. The van der Waals surface area contributed by atoms with E-state index in [0.29, 0.717) is 19.6 Å². The van der Waals surface area contributed by atoms with Crippen LogP contribution in [0, 0.1) is 17.3 Å². The molecule has 0 unspecified atom stereocenters. The standard InChI is InChI=1S/C15H27NO2/c1-14(2,3)10-8-11-16-13(17)9-7-12-18-15(4,5)6/h7,9,11-12H2,1-6H3,(H,16,17). The Morgan fingerprint density at radius 2 is 1.78 bits per heavy atom. The number of amides is 1. The molecule has 0 aliphatic carbocycles. The predicted octanol–water partition coefficient (Wildman–Crippen LogP) is 2.75. The fourth-order valence-corrected chi connectivity index (χ4v) is 1.15. The van der Waals surface area contributed by atoms with Gasteiger partial charge >= 0.3 is 0 Å². The molecule has 104 valence electrons. The summed E-state index contributed by atoms with van der Waals surface area (Å²) in [5, 5.41) is 2.78. The summed E-state index contributed by atoms with van der Waals surface area (Å²) < 4.78 is 5.54. The van der Waals surface area contributed by atoms with Crippen molar-refractivity contribution < 1.29 is 9.53 Å². The number of carbonyl (C=O) groups excluding carboxylic acids is 1. The molecule has 0 aliphatic heterocycles. The van der Waals surface area contributed by atoms with Crippen LogP contribution in [0.25, 0.3) is 0 Å². The molecule has 0 spiro atoms. The molecule has 0 heterocycles. The van der Waals surface area contributed by atoms with Crippen molar-refractivity contribution in [1.29, 1.82) is 0 Å². The van der Waals surface area contributed by atoms with Crippen LogP contribution in [-0.2, 0) is 9.53 Å². The highest BCUT2D eigenvalue weighted by Crippen LogP contribution is 2.09. The van der Waals surface area contributed by atoms with E-state index in [9.17, 15) is 4.79 Å². The van der Waals surface area contributed by atoms with Gasteiger partial charge in [-0.2, -0.15) is 0 Å². The highest BCUT2D eigenvalue weighted by atomic mass is 16.5. The molecule has 0 saturated carbocycles. The third-order valence-electron chi connectivity index (χ3n) is 1.92. The minimum absolute atomic E-state index is 0.00865. The minimum Gasteiger partial charge on any atom is -0.376 e. The van der Waals surface area contributed by atoms with E-state index in [1.807, 2.05) is 41.5 Å². The van der Waals surface area contributed by atoms with Crippen LogP contribution in [0.15, 0.2) is 0 Å². The number of carbonyl (C=O) groups is 1. The molecule has 0 rings (SSSR count). The summed E-state index contributed by atoms with van der Waals surface area (Å²) in [5.41, 5.74) is -0.139. The van der Waals surface area contributed by atoms with Crippen molar-refractivity contribution in [2.75, 3.05) is 13.2 Å². The number of ether oxygens (including phenoxy) is 1. The molecule has 0 bridgehead atoms. The highest BCUT2D eigenvalue weighted by Gasteiger charge is 2.09. The molecule has 0 aromatic heterocycles. The van der Waals surface area contributed by atoms with Gasteiger partial charge in [-0.05, 0) is 48.0 Å². The first-order valence-corrected chi connectivity index (χ1v) is 6.51. The lowest BCUT2D eigenvalue weighted by molar-refractivity contribution is -0.121. The van der Waals surface area contributed by atoms with Crippen molar-refractivity contribution in [1.82, 2.24) is 5.32 Å². The summed E-state index contributed by atoms with van der Waals surface area (Å²) in [7, 11) is 0. The van der Waals surface area contributed by atoms with Crippen molar-refractivity contribution in [2.45, 2.75) is 60.0 Å². The molecule has 1 amide bonds. The van der Waals surface area contributed by atoms with Crippen LogP contribution in [0.4, 0.5) is 0 Å². The first-order valence-electron chi connectivity index (χ1n) is 6.51. The van der Waals surface area contributed by atoms with E-state index in [1.54, 1.807) is 0 Å². The minimum atomic E-state index is -0.130. The van der Waals surface area contributed by atoms with Crippen molar-refractivity contribution in [3.8, 4) is 11.8 Å². The van der Waals surface area contributed by atoms with E-state index in [-0.39, 0.29) is 16.9 Å². The van der Waals surface area contributed by atoms with Crippen molar-refractivity contribution in [3.63, 3.8) is 0 Å². The molecule has 3 heteroatoms. The largest absolute Gasteiger partial charge is 0.376 e. The van der Waals surface area contributed by atoms with Crippen molar-refractivity contribution >= 4 is 5.91 Å². The lowest BCUT2D eigenvalue weighted by Gasteiger charge is -2.19. The van der Waals surface area contributed by atoms with Gasteiger partial charge in [-0.1, -0.05) is 11.8 Å². The first kappa shape index (κ1) is 17.0. The molecule has 18 heavy (non-hydrogen) atoms. The summed E-state index contributed by atoms with van der Waals surface area (Å²) in [4.78, 5) is 11.5. The van der Waals surface area contributed by atoms with E-state index in [0.717, 1.165) is 6.42 Å². The zero-order valence-electron chi connectivity index (χ0n) is 12.6. The lowest BCUT2D eigenvalue weighted by Crippen LogP contribution is -2.25. The molecule has 0 radical (unpaired) electrons. The molecule has 0 fully saturated rings. The maximum atomic E-state index is 11.5. The van der Waals surface area contributed by atoms with Gasteiger partial charge in [0.25, 0.3) is 0 Å². The van der Waals surface area contributed by atoms with Gasteiger partial charge in [-0.15, -0.1) is 0 Å². The smallest absolute Gasteiger partial charge is 0.220 e. The SMILES string of the molecule is CC(C)(C)C#CCNC(=O)CCCOC(C)(C)C. The average molecular weight is 253 g/mol. The average Bonchev–Trinajstić information content (AvgIpc) is 2.17. The number of hydrogen-bond donors (Lipinski definition) is 1. The number of nitrogens with one attached hydrogen (secondary N) is 1. The Balaban J connectivity index is 3.64. The van der Waals surface area contributed by atoms with E-state index in [1.165, 1.54) is 0 Å². The van der Waals surface area contributed by atoms with Gasteiger partial charge in [-0.25, -0.2) is 0 Å². The van der Waals surface area contributed by atoms with E-state index < -0.39 is 0 Å². The Morgan fingerprint density at radius 3 is 2.28 bits per heavy atom. The van der Waals surface area contributed by atoms with Crippen LogP contribution in [-0.4, -0.2) is 24.7 Å². The van der Waals surface area contributed by atoms with Crippen LogP contribution in [0.3, 0.4) is 0 Å². The van der Waals surface area contributed by atoms with Crippen LogP contribution in [0.1, 0.15) is 54.4 Å². The van der Waals surface area contributed by atoms with Crippen LogP contribution in [0.2, 0.25) is 0 Å². The Hall–Kier alpha value is -1.01. The third kappa shape index (κ3) is 13.1. The third-order valence-corrected chi connectivity index (χ3v) is 1.92. The fraction of sp³-hybridized carbons (Fsp3) is 0.800. The zero-order chi connectivity index (χ0) is 14.2. The Labute approximate surface area is 112 Å². The molecule has 0 atom stereocenters. The Bertz CT molecular complexity index is 310. The number of rotatable bonds is 5. The van der Waals surface area contributed by atoms with Gasteiger partial charge < -0.3 is 10.1 Å². The fourth-order valence-electron chi connectivity index (χ4n) is 1.15. The van der Waals surface area contributed by atoms with Gasteiger partial charge in [0.1, 0.15) is 0 Å². The molecule has 3 nitrogen and oxygen atoms in total. The summed E-state index contributed by atoms with van der Waals surface area (Å²) in [5.74, 6) is 6.07. The Kier molecular flexibility index (Phi) is 7.01. The van der Waals surface area contributed by atoms with Crippen LogP contribution >= 0.6 is 0 Å². The van der Waals surface area contributed by atoms with Gasteiger partial charge in [0, 0.05) is 18.4 Å². The molecule has 1 N–H and O–H groups in total. The monoisotopic (exact) mass is 253 g/mol. The van der Waals surface area contributed by atoms with Gasteiger partial charge in [0.15, 0.2) is 0 Å². The molecule has 0 saturated heterocycles. The van der Waals surface area contributed by atoms with Crippen LogP contribution in [0.5, 0.6) is 0 Å². The summed E-state index contributed by atoms with van der Waals surface area (Å²) >= 11 is 0. The van der Waals surface area contributed by atoms with Gasteiger partial charge in [0.2, 0.25) is 5.91 Å². The topological polar surface area (TPSA) is 38.3 Å². The predicted molar refractivity (Wildman–Crippen MR) is 75.2 cm³/mol. The maximum absolute atomic E-state index is 11.5. The van der Waals surface area contributed by atoms with Crippen molar-refractivity contribution in [2.24, 2.45) is 5.41 Å². The Morgan fingerprint density at radius 1 is 1.17 bits per heavy atom. The second-order valence-electron chi connectivity index (χ2n) is 6.39. The van der Waals surface area contributed by atoms with E-state index in [4.69, 9.17) is 4.74 Å². The van der Waals surface area contributed by atoms with Crippen LogP contribution < -0.4 is 5.32 Å². The van der Waals surface area contributed by atoms with Gasteiger partial charge in [0.05, 0.1) is 12.1 Å². The summed E-state index contributed by atoms with van der Waals surface area (Å²) in [6.07, 6.45) is 1.24. The molecule has 0 aromatic carbocycles. The molecule has 0 aliphatic rings. The quantitative estimate of drug-likeness (QED) is 0.604. The highest BCUT2D eigenvalue weighted by molar-refractivity contribution is 5.76. The zero-order valence-corrected chi connectivity index (χ0v) is 12.6. The molecule has 0 aromatic rings. The first-order chi connectivity index (χ1) is 8.10. The number of hydrogen-bond acceptors (Lipinski definition) is 2. The molecular weight excluding hydrogens is 226 g/mol. The second-order valence-corrected chi connectivity index (χ2v) is 6.39. The van der Waals surface area contributed by atoms with E-state index >= 15 is 0 Å². The van der Waals surface area contributed by atoms with E-state index in [2.05, 4.69) is 17.2 Å². The normalized spacial score (nSPS) is 11.7. The second kappa shape index (κ2) is 7.43. The van der Waals surface area contributed by atoms with Crippen molar-refractivity contribution in [3.05, 3.63) is 0 Å². The van der Waals surface area contributed by atoms with Gasteiger partial charge in [-0.3, -0.25) is 4.79 Å². The summed E-state index contributed by atoms with van der Waals surface area (Å²) in [6.45, 7) is 13.2. The maximum Gasteiger partial charge on any atom is 0.220 e.